The van der Waals surface area contributed by atoms with Crippen LogP contribution in [0.4, 0.5) is 0 Å². The first-order chi connectivity index (χ1) is 9.48. The number of rotatable bonds is 1. The summed E-state index contributed by atoms with van der Waals surface area (Å²) in [4.78, 5) is 15.8. The molecule has 20 heavy (non-hydrogen) atoms. The van der Waals surface area contributed by atoms with Gasteiger partial charge >= 0.3 is 0 Å². The zero-order valence-electron chi connectivity index (χ0n) is 11.5. The Morgan fingerprint density at radius 2 is 1.90 bits per heavy atom. The summed E-state index contributed by atoms with van der Waals surface area (Å²) in [5.74, 6) is -0.182. The molecule has 1 atom stereocenters. The number of nitrogens with two attached hydrogens (primary N) is 1. The fourth-order valence-corrected chi connectivity index (χ4v) is 2.91. The van der Waals surface area contributed by atoms with Crippen molar-refractivity contribution < 1.29 is 9.90 Å². The smallest absolute Gasteiger partial charge is 0.223 e. The first kappa shape index (κ1) is 12.9. The SMILES string of the molecule is CC1(C(N)=O)CCc2cc3ccc(O)nc3cc2CC1. The third-order valence-electron chi connectivity index (χ3n) is 4.48. The van der Waals surface area contributed by atoms with Gasteiger partial charge < -0.3 is 10.8 Å². The lowest BCUT2D eigenvalue weighted by Crippen LogP contribution is -2.34. The zero-order valence-corrected chi connectivity index (χ0v) is 11.5. The summed E-state index contributed by atoms with van der Waals surface area (Å²) >= 11 is 0. The lowest BCUT2D eigenvalue weighted by atomic mass is 9.81. The van der Waals surface area contributed by atoms with Crippen LogP contribution >= 0.6 is 0 Å². The van der Waals surface area contributed by atoms with E-state index in [0.717, 1.165) is 36.6 Å². The molecule has 1 aromatic heterocycles. The Hall–Kier alpha value is -2.10. The third kappa shape index (κ3) is 2.11. The van der Waals surface area contributed by atoms with Gasteiger partial charge in [-0.05, 0) is 55.0 Å². The highest BCUT2D eigenvalue weighted by Crippen LogP contribution is 2.35. The lowest BCUT2D eigenvalue weighted by molar-refractivity contribution is -0.127. The molecule has 3 rings (SSSR count). The Morgan fingerprint density at radius 1 is 1.25 bits per heavy atom. The van der Waals surface area contributed by atoms with Gasteiger partial charge in [-0.3, -0.25) is 4.79 Å². The molecular weight excluding hydrogens is 252 g/mol. The van der Waals surface area contributed by atoms with Crippen LogP contribution in [0.15, 0.2) is 24.3 Å². The molecule has 1 heterocycles. The average molecular weight is 270 g/mol. The van der Waals surface area contributed by atoms with Crippen LogP contribution in [-0.4, -0.2) is 16.0 Å². The summed E-state index contributed by atoms with van der Waals surface area (Å²) in [7, 11) is 0. The fourth-order valence-electron chi connectivity index (χ4n) is 2.91. The number of benzene rings is 1. The van der Waals surface area contributed by atoms with Crippen molar-refractivity contribution in [3.8, 4) is 5.88 Å². The molecule has 2 aromatic rings. The van der Waals surface area contributed by atoms with E-state index in [9.17, 15) is 9.90 Å². The van der Waals surface area contributed by atoms with Crippen molar-refractivity contribution in [3.63, 3.8) is 0 Å². The van der Waals surface area contributed by atoms with Crippen molar-refractivity contribution in [3.05, 3.63) is 35.4 Å². The Morgan fingerprint density at radius 3 is 2.55 bits per heavy atom. The van der Waals surface area contributed by atoms with Gasteiger partial charge in [0.05, 0.1) is 5.52 Å². The maximum Gasteiger partial charge on any atom is 0.223 e. The highest BCUT2D eigenvalue weighted by atomic mass is 16.3. The maximum absolute atomic E-state index is 11.6. The van der Waals surface area contributed by atoms with Gasteiger partial charge in [0.25, 0.3) is 0 Å². The van der Waals surface area contributed by atoms with Gasteiger partial charge in [0.2, 0.25) is 11.8 Å². The largest absolute Gasteiger partial charge is 0.493 e. The van der Waals surface area contributed by atoms with Crippen molar-refractivity contribution in [2.24, 2.45) is 11.1 Å². The molecule has 4 nitrogen and oxygen atoms in total. The summed E-state index contributed by atoms with van der Waals surface area (Å²) in [6, 6.07) is 7.61. The van der Waals surface area contributed by atoms with Crippen molar-refractivity contribution in [2.75, 3.05) is 0 Å². The minimum atomic E-state index is -0.430. The topological polar surface area (TPSA) is 76.2 Å². The number of nitrogens with zero attached hydrogens (tertiary/aromatic N) is 1. The quantitative estimate of drug-likeness (QED) is 0.781. The summed E-state index contributed by atoms with van der Waals surface area (Å²) < 4.78 is 0. The summed E-state index contributed by atoms with van der Waals surface area (Å²) in [5, 5.41) is 10.5. The van der Waals surface area contributed by atoms with Crippen molar-refractivity contribution >= 4 is 16.8 Å². The summed E-state index contributed by atoms with van der Waals surface area (Å²) in [5.41, 5.74) is 8.38. The van der Waals surface area contributed by atoms with E-state index in [1.165, 1.54) is 11.1 Å². The second-order valence-electron chi connectivity index (χ2n) is 5.91. The average Bonchev–Trinajstić information content (AvgIpc) is 2.57. The molecule has 1 amide bonds. The number of carbonyl (C=O) groups is 1. The second-order valence-corrected chi connectivity index (χ2v) is 5.91. The molecule has 1 aliphatic carbocycles. The van der Waals surface area contributed by atoms with Crippen LogP contribution < -0.4 is 5.73 Å². The number of hydrogen-bond donors (Lipinski definition) is 2. The van der Waals surface area contributed by atoms with Gasteiger partial charge in [-0.2, -0.15) is 0 Å². The Kier molecular flexibility index (Phi) is 2.89. The number of carbonyl (C=O) groups excluding carboxylic acids is 1. The van der Waals surface area contributed by atoms with Crippen LogP contribution in [-0.2, 0) is 17.6 Å². The van der Waals surface area contributed by atoms with Crippen LogP contribution in [0, 0.1) is 5.41 Å². The van der Waals surface area contributed by atoms with E-state index in [0.29, 0.717) is 0 Å². The molecule has 0 fully saturated rings. The molecule has 4 heteroatoms. The van der Waals surface area contributed by atoms with Crippen LogP contribution in [0.5, 0.6) is 5.88 Å². The van der Waals surface area contributed by atoms with E-state index < -0.39 is 5.41 Å². The van der Waals surface area contributed by atoms with Gasteiger partial charge in [-0.25, -0.2) is 4.98 Å². The van der Waals surface area contributed by atoms with Crippen molar-refractivity contribution in [1.29, 1.82) is 0 Å². The normalized spacial score (nSPS) is 22.2. The van der Waals surface area contributed by atoms with Crippen LogP contribution in [0.3, 0.4) is 0 Å². The molecule has 1 aromatic carbocycles. The number of primary amides is 1. The predicted molar refractivity (Wildman–Crippen MR) is 77.4 cm³/mol. The number of aryl methyl sites for hydroxylation is 2. The first-order valence-electron chi connectivity index (χ1n) is 6.89. The Bertz CT molecular complexity index is 696. The molecule has 0 aliphatic heterocycles. The molecule has 0 saturated carbocycles. The maximum atomic E-state index is 11.6. The molecule has 0 saturated heterocycles. The number of aromatic hydroxyl groups is 1. The monoisotopic (exact) mass is 270 g/mol. The molecule has 0 spiro atoms. The standard InChI is InChI=1S/C16H18N2O2/c1-16(15(17)20)6-4-10-8-12-2-3-14(19)18-13(12)9-11(10)5-7-16/h2-3,8-9H,4-7H2,1H3,(H2,17,20)(H,18,19). The number of hydrogen-bond acceptors (Lipinski definition) is 3. The molecule has 3 N–H and O–H groups in total. The van der Waals surface area contributed by atoms with Gasteiger partial charge in [0.15, 0.2) is 0 Å². The minimum Gasteiger partial charge on any atom is -0.493 e. The number of pyridine rings is 1. The van der Waals surface area contributed by atoms with E-state index in [4.69, 9.17) is 5.73 Å². The van der Waals surface area contributed by atoms with Gasteiger partial charge in [0.1, 0.15) is 0 Å². The number of aromatic nitrogens is 1. The summed E-state index contributed by atoms with van der Waals surface area (Å²) in [6.45, 7) is 1.95. The molecule has 104 valence electrons. The molecule has 0 bridgehead atoms. The van der Waals surface area contributed by atoms with Gasteiger partial charge in [0, 0.05) is 16.9 Å². The highest BCUT2D eigenvalue weighted by Gasteiger charge is 2.32. The third-order valence-corrected chi connectivity index (χ3v) is 4.48. The van der Waals surface area contributed by atoms with Gasteiger partial charge in [-0.15, -0.1) is 0 Å². The molecular formula is C16H18N2O2. The van der Waals surface area contributed by atoms with E-state index >= 15 is 0 Å². The molecule has 1 aliphatic rings. The van der Waals surface area contributed by atoms with E-state index in [1.807, 2.05) is 19.1 Å². The van der Waals surface area contributed by atoms with E-state index in [1.54, 1.807) is 6.07 Å². The number of amides is 1. The fraction of sp³-hybridized carbons (Fsp3) is 0.375. The predicted octanol–water partition coefficient (Wildman–Crippen LogP) is 2.31. The van der Waals surface area contributed by atoms with Crippen molar-refractivity contribution in [2.45, 2.75) is 32.6 Å². The first-order valence-corrected chi connectivity index (χ1v) is 6.89. The molecule has 1 unspecified atom stereocenters. The van der Waals surface area contributed by atoms with E-state index in [2.05, 4.69) is 11.1 Å². The minimum absolute atomic E-state index is 0.0352. The Labute approximate surface area is 117 Å². The van der Waals surface area contributed by atoms with Gasteiger partial charge in [-0.1, -0.05) is 6.92 Å². The highest BCUT2D eigenvalue weighted by molar-refractivity contribution is 5.82. The molecule has 0 radical (unpaired) electrons. The zero-order chi connectivity index (χ0) is 14.3. The summed E-state index contributed by atoms with van der Waals surface area (Å²) in [6.07, 6.45) is 3.22. The van der Waals surface area contributed by atoms with Crippen LogP contribution in [0.2, 0.25) is 0 Å². The van der Waals surface area contributed by atoms with Crippen molar-refractivity contribution in [1.82, 2.24) is 4.98 Å². The van der Waals surface area contributed by atoms with Crippen LogP contribution in [0.1, 0.15) is 30.9 Å². The number of fused-ring (bicyclic) bond motifs is 2. The lowest BCUT2D eigenvalue weighted by Gasteiger charge is -2.23. The van der Waals surface area contributed by atoms with Crippen LogP contribution in [0.25, 0.3) is 10.9 Å². The second kappa shape index (κ2) is 4.47. The van der Waals surface area contributed by atoms with E-state index in [-0.39, 0.29) is 11.8 Å². The Balaban J connectivity index is 2.04.